The molecule has 0 unspecified atom stereocenters. The number of carbonyl (C=O) groups is 1. The van der Waals surface area contributed by atoms with Gasteiger partial charge in [-0.3, -0.25) is 4.79 Å². The van der Waals surface area contributed by atoms with Gasteiger partial charge in [-0.25, -0.2) is 9.78 Å². The van der Waals surface area contributed by atoms with Crippen LogP contribution < -0.4 is 5.73 Å². The average molecular weight is 249 g/mol. The molecule has 0 aliphatic carbocycles. The Bertz CT molecular complexity index is 391. The van der Waals surface area contributed by atoms with Gasteiger partial charge < -0.3 is 10.6 Å². The number of anilines is 1. The number of nitrogens with zero attached hydrogens (tertiary/aromatic N) is 2. The van der Waals surface area contributed by atoms with Crippen molar-refractivity contribution < 1.29 is 14.4 Å². The van der Waals surface area contributed by atoms with Crippen molar-refractivity contribution in [2.75, 3.05) is 5.73 Å². The maximum Gasteiger partial charge on any atom is 0.332 e. The Morgan fingerprint density at radius 2 is 2.40 bits per heavy atom. The third-order valence-corrected chi connectivity index (χ3v) is 1.80. The van der Waals surface area contributed by atoms with E-state index in [1.165, 1.54) is 18.6 Å². The summed E-state index contributed by atoms with van der Waals surface area (Å²) >= 11 is 1.15. The molecule has 1 radical (unpaired) electrons. The summed E-state index contributed by atoms with van der Waals surface area (Å²) in [5.74, 6) is -0.624. The minimum Gasteiger partial charge on any atom is -0.375 e. The van der Waals surface area contributed by atoms with Crippen LogP contribution in [0.1, 0.15) is 12.6 Å². The van der Waals surface area contributed by atoms with Gasteiger partial charge in [-0.15, -0.1) is 23.7 Å². The molecule has 2 N–H and O–H groups in total. The number of oxime groups is 1. The SMILES string of the molecule is CC(=O)O/N=C(\[C]=O)c1csc(N)n1.Cl. The molecule has 8 heteroatoms. The molecular formula is C7H7ClN3O3S. The second kappa shape index (κ2) is 6.10. The summed E-state index contributed by atoms with van der Waals surface area (Å²) in [4.78, 5) is 28.8. The highest BCUT2D eigenvalue weighted by atomic mass is 35.5. The van der Waals surface area contributed by atoms with Crippen LogP contribution in [0.3, 0.4) is 0 Å². The fourth-order valence-electron chi connectivity index (χ4n) is 0.624. The molecule has 0 atom stereocenters. The summed E-state index contributed by atoms with van der Waals surface area (Å²) in [6.45, 7) is 1.17. The van der Waals surface area contributed by atoms with Crippen molar-refractivity contribution in [3.8, 4) is 0 Å². The Labute approximate surface area is 95.5 Å². The molecule has 1 heterocycles. The molecule has 0 spiro atoms. The Balaban J connectivity index is 0.00000196. The van der Waals surface area contributed by atoms with Gasteiger partial charge in [0.1, 0.15) is 5.69 Å². The van der Waals surface area contributed by atoms with Crippen LogP contribution in [0.2, 0.25) is 0 Å². The highest BCUT2D eigenvalue weighted by molar-refractivity contribution is 7.13. The van der Waals surface area contributed by atoms with Crippen LogP contribution in [-0.2, 0) is 14.4 Å². The Morgan fingerprint density at radius 1 is 1.73 bits per heavy atom. The van der Waals surface area contributed by atoms with Crippen LogP contribution in [-0.4, -0.2) is 23.0 Å². The fraction of sp³-hybridized carbons (Fsp3) is 0.143. The van der Waals surface area contributed by atoms with Crippen molar-refractivity contribution in [1.82, 2.24) is 4.98 Å². The predicted molar refractivity (Wildman–Crippen MR) is 57.8 cm³/mol. The first-order valence-corrected chi connectivity index (χ1v) is 4.36. The quantitative estimate of drug-likeness (QED) is 0.478. The van der Waals surface area contributed by atoms with Gasteiger partial charge in [-0.1, -0.05) is 5.16 Å². The van der Waals surface area contributed by atoms with Crippen LogP contribution in [0.5, 0.6) is 0 Å². The van der Waals surface area contributed by atoms with Gasteiger partial charge in [0.2, 0.25) is 0 Å². The van der Waals surface area contributed by atoms with Gasteiger partial charge in [-0.05, 0) is 0 Å². The standard InChI is InChI=1S/C7H6N3O3S.ClH/c1-4(12)13-10-5(2-11)6-3-14-7(8)9-6;/h3H,1H3,(H2,8,9);1H/b10-5+;. The largest absolute Gasteiger partial charge is 0.375 e. The summed E-state index contributed by atoms with van der Waals surface area (Å²) < 4.78 is 0. The molecule has 0 aromatic carbocycles. The van der Waals surface area contributed by atoms with Gasteiger partial charge >= 0.3 is 5.97 Å². The lowest BCUT2D eigenvalue weighted by molar-refractivity contribution is -0.140. The highest BCUT2D eigenvalue weighted by Gasteiger charge is 2.09. The summed E-state index contributed by atoms with van der Waals surface area (Å²) in [5.41, 5.74) is 5.39. The zero-order chi connectivity index (χ0) is 10.6. The molecule has 15 heavy (non-hydrogen) atoms. The van der Waals surface area contributed by atoms with E-state index in [9.17, 15) is 9.59 Å². The monoisotopic (exact) mass is 248 g/mol. The van der Waals surface area contributed by atoms with Gasteiger partial charge in [0.15, 0.2) is 10.8 Å². The molecule has 0 aliphatic heterocycles. The van der Waals surface area contributed by atoms with Gasteiger partial charge in [0.25, 0.3) is 6.29 Å². The van der Waals surface area contributed by atoms with Crippen molar-refractivity contribution in [2.45, 2.75) is 6.92 Å². The van der Waals surface area contributed by atoms with Crippen LogP contribution in [0.15, 0.2) is 10.5 Å². The molecule has 81 valence electrons. The molecule has 1 rings (SSSR count). The molecule has 0 saturated carbocycles. The Morgan fingerprint density at radius 3 is 2.80 bits per heavy atom. The van der Waals surface area contributed by atoms with Crippen LogP contribution in [0.4, 0.5) is 5.13 Å². The van der Waals surface area contributed by atoms with Crippen molar-refractivity contribution in [1.29, 1.82) is 0 Å². The number of thiazole rings is 1. The molecule has 0 bridgehead atoms. The molecule has 1 aromatic heterocycles. The minimum absolute atomic E-state index is 0. The maximum absolute atomic E-state index is 10.4. The lowest BCUT2D eigenvalue weighted by atomic mass is 10.3. The van der Waals surface area contributed by atoms with Crippen molar-refractivity contribution >= 4 is 46.8 Å². The smallest absolute Gasteiger partial charge is 0.332 e. The van der Waals surface area contributed by atoms with Crippen LogP contribution in [0, 0.1) is 0 Å². The summed E-state index contributed by atoms with van der Waals surface area (Å²) in [6, 6.07) is 0. The first-order chi connectivity index (χ1) is 6.63. The average Bonchev–Trinajstić information content (AvgIpc) is 2.53. The second-order valence-electron chi connectivity index (χ2n) is 2.20. The predicted octanol–water partition coefficient (Wildman–Crippen LogP) is 0.524. The van der Waals surface area contributed by atoms with E-state index in [1.807, 2.05) is 0 Å². The lowest BCUT2D eigenvalue weighted by Gasteiger charge is -1.91. The van der Waals surface area contributed by atoms with E-state index in [0.717, 1.165) is 11.3 Å². The molecule has 0 aliphatic rings. The molecular weight excluding hydrogens is 242 g/mol. The maximum atomic E-state index is 10.4. The van der Waals surface area contributed by atoms with Crippen LogP contribution >= 0.6 is 23.7 Å². The molecule has 0 amide bonds. The van der Waals surface area contributed by atoms with Gasteiger partial charge in [-0.2, -0.15) is 0 Å². The fourth-order valence-corrected chi connectivity index (χ4v) is 1.17. The number of halogens is 1. The number of hydrogen-bond donors (Lipinski definition) is 1. The molecule has 1 aromatic rings. The normalized spacial score (nSPS) is 10.3. The summed E-state index contributed by atoms with van der Waals surface area (Å²) in [7, 11) is 0. The first kappa shape index (κ1) is 13.5. The topological polar surface area (TPSA) is 94.6 Å². The number of nitrogen functional groups attached to an aromatic ring is 1. The Kier molecular flexibility index (Phi) is 5.50. The first-order valence-electron chi connectivity index (χ1n) is 3.48. The third kappa shape index (κ3) is 4.05. The van der Waals surface area contributed by atoms with Crippen LogP contribution in [0.25, 0.3) is 0 Å². The number of rotatable bonds is 3. The van der Waals surface area contributed by atoms with E-state index in [0.29, 0.717) is 5.13 Å². The Hall–Kier alpha value is -1.47. The number of aromatic nitrogens is 1. The molecule has 0 saturated heterocycles. The van der Waals surface area contributed by atoms with E-state index in [1.54, 1.807) is 0 Å². The van der Waals surface area contributed by atoms with Crippen molar-refractivity contribution in [2.24, 2.45) is 5.16 Å². The van der Waals surface area contributed by atoms with Gasteiger partial charge in [0, 0.05) is 12.3 Å². The number of carbonyl (C=O) groups excluding carboxylic acids is 2. The molecule has 6 nitrogen and oxygen atoms in total. The minimum atomic E-state index is -0.624. The van der Waals surface area contributed by atoms with E-state index in [2.05, 4.69) is 15.0 Å². The van der Waals surface area contributed by atoms with E-state index in [4.69, 9.17) is 5.73 Å². The zero-order valence-electron chi connectivity index (χ0n) is 7.59. The second-order valence-corrected chi connectivity index (χ2v) is 3.09. The van der Waals surface area contributed by atoms with E-state index in [-0.39, 0.29) is 23.8 Å². The summed E-state index contributed by atoms with van der Waals surface area (Å²) in [5, 5.41) is 5.07. The summed E-state index contributed by atoms with van der Waals surface area (Å²) in [6.07, 6.45) is 1.50. The van der Waals surface area contributed by atoms with Crippen molar-refractivity contribution in [3.05, 3.63) is 11.1 Å². The van der Waals surface area contributed by atoms with E-state index < -0.39 is 5.97 Å². The van der Waals surface area contributed by atoms with Gasteiger partial charge in [0.05, 0.1) is 0 Å². The zero-order valence-corrected chi connectivity index (χ0v) is 9.22. The van der Waals surface area contributed by atoms with Crippen molar-refractivity contribution in [3.63, 3.8) is 0 Å². The highest BCUT2D eigenvalue weighted by Crippen LogP contribution is 2.11. The number of hydrogen-bond acceptors (Lipinski definition) is 7. The lowest BCUT2D eigenvalue weighted by Crippen LogP contribution is -2.05. The van der Waals surface area contributed by atoms with E-state index >= 15 is 0 Å². The number of nitrogens with two attached hydrogens (primary N) is 1. The molecule has 0 fully saturated rings. The third-order valence-electron chi connectivity index (χ3n) is 1.13.